The van der Waals surface area contributed by atoms with Gasteiger partial charge in [0.25, 0.3) is 0 Å². The van der Waals surface area contributed by atoms with Gasteiger partial charge in [0.1, 0.15) is 6.61 Å². The highest BCUT2D eigenvalue weighted by Crippen LogP contribution is 2.43. The van der Waals surface area contributed by atoms with Crippen LogP contribution in [-0.4, -0.2) is 43.3 Å². The van der Waals surface area contributed by atoms with Gasteiger partial charge in [-0.25, -0.2) is 4.57 Å². The Balaban J connectivity index is 4.14. The van der Waals surface area contributed by atoms with Gasteiger partial charge >= 0.3 is 13.8 Å². The van der Waals surface area contributed by atoms with Crippen molar-refractivity contribution in [3.05, 3.63) is 36.6 Å². The van der Waals surface area contributed by atoms with Crippen molar-refractivity contribution in [2.24, 2.45) is 5.73 Å². The average Bonchev–Trinajstić information content (AvgIpc) is 3.11. The smallest absolute Gasteiger partial charge is 0.472 e. The molecule has 0 aromatic rings. The number of unbranched alkanes of at least 4 members (excludes halogenated alkanes) is 22. The quantitative estimate of drug-likeness (QED) is 0.0211. The summed E-state index contributed by atoms with van der Waals surface area (Å²) in [5.41, 5.74) is 5.36. The molecule has 0 fully saturated rings. The molecule has 0 bridgehead atoms. The summed E-state index contributed by atoms with van der Waals surface area (Å²) in [6.07, 6.45) is 44.0. The van der Waals surface area contributed by atoms with Gasteiger partial charge < -0.3 is 20.1 Å². The number of hydrogen-bond acceptors (Lipinski definition) is 7. The van der Waals surface area contributed by atoms with E-state index in [0.29, 0.717) is 6.42 Å². The van der Waals surface area contributed by atoms with Crippen LogP contribution in [0.5, 0.6) is 0 Å². The number of rotatable bonds is 39. The topological polar surface area (TPSA) is 117 Å². The molecule has 0 aromatic carbocycles. The zero-order valence-corrected chi connectivity index (χ0v) is 33.3. The minimum Gasteiger partial charge on any atom is -0.492 e. The molecule has 0 aromatic heterocycles. The van der Waals surface area contributed by atoms with Crippen LogP contribution in [0.4, 0.5) is 0 Å². The molecule has 0 aliphatic rings. The second-order valence-corrected chi connectivity index (χ2v) is 15.0. The summed E-state index contributed by atoms with van der Waals surface area (Å²) in [5, 5.41) is 0. The summed E-state index contributed by atoms with van der Waals surface area (Å²) in [4.78, 5) is 22.2. The Labute approximate surface area is 308 Å². The summed E-state index contributed by atoms with van der Waals surface area (Å²) in [7, 11) is -4.27. The van der Waals surface area contributed by atoms with E-state index in [-0.39, 0.29) is 32.3 Å². The molecule has 0 rings (SSSR count). The van der Waals surface area contributed by atoms with E-state index in [4.69, 9.17) is 24.3 Å². The highest BCUT2D eigenvalue weighted by molar-refractivity contribution is 7.47. The van der Waals surface area contributed by atoms with Gasteiger partial charge in [-0.05, 0) is 76.7 Å². The van der Waals surface area contributed by atoms with Crippen molar-refractivity contribution in [2.45, 2.75) is 193 Å². The fourth-order valence-corrected chi connectivity index (χ4v) is 6.26. The van der Waals surface area contributed by atoms with Gasteiger partial charge in [-0.15, -0.1) is 0 Å². The Morgan fingerprint density at radius 1 is 0.600 bits per heavy atom. The van der Waals surface area contributed by atoms with Crippen LogP contribution in [0.1, 0.15) is 187 Å². The molecule has 0 saturated carbocycles. The second-order valence-electron chi connectivity index (χ2n) is 13.6. The zero-order valence-electron chi connectivity index (χ0n) is 32.4. The molecule has 0 saturated heterocycles. The molecule has 0 spiro atoms. The molecule has 8 nitrogen and oxygen atoms in total. The van der Waals surface area contributed by atoms with E-state index in [1.807, 2.05) is 6.08 Å². The van der Waals surface area contributed by atoms with E-state index >= 15 is 0 Å². The maximum Gasteiger partial charge on any atom is 0.472 e. The molecule has 0 heterocycles. The van der Waals surface area contributed by atoms with Crippen molar-refractivity contribution in [2.75, 3.05) is 26.4 Å². The van der Waals surface area contributed by atoms with E-state index in [0.717, 1.165) is 51.4 Å². The van der Waals surface area contributed by atoms with Crippen molar-refractivity contribution in [1.82, 2.24) is 0 Å². The first-order valence-electron chi connectivity index (χ1n) is 20.5. The predicted octanol–water partition coefficient (Wildman–Crippen LogP) is 12.2. The fraction of sp³-hybridized carbons (Fsp3) is 0.829. The lowest BCUT2D eigenvalue weighted by Crippen LogP contribution is -2.25. The standard InChI is InChI=1S/C41H78NO7P/c1-3-5-7-9-11-13-15-17-19-21-23-25-27-29-31-33-36-46-40(39-49-50(44,45)48-37-35-42)38-47-41(43)34-32-30-28-26-24-22-20-18-16-14-12-10-8-6-4-2/h17-20,33,36,40H,3-16,21-32,34-35,37-39,42H2,1-2H3,(H,44,45). The van der Waals surface area contributed by atoms with E-state index in [1.54, 1.807) is 6.26 Å². The normalized spacial score (nSPS) is 13.8. The maximum absolute atomic E-state index is 12.4. The molecular weight excluding hydrogens is 649 g/mol. The Morgan fingerprint density at radius 2 is 1.02 bits per heavy atom. The molecule has 294 valence electrons. The number of carbonyl (C=O) groups is 1. The largest absolute Gasteiger partial charge is 0.492 e. The lowest BCUT2D eigenvalue weighted by atomic mass is 10.1. The summed E-state index contributed by atoms with van der Waals surface area (Å²) in [6.45, 7) is 4.19. The lowest BCUT2D eigenvalue weighted by molar-refractivity contribution is -0.147. The van der Waals surface area contributed by atoms with Gasteiger partial charge in [0, 0.05) is 13.0 Å². The monoisotopic (exact) mass is 728 g/mol. The number of ether oxygens (including phenoxy) is 2. The van der Waals surface area contributed by atoms with E-state index < -0.39 is 13.9 Å². The molecule has 0 aliphatic heterocycles. The van der Waals surface area contributed by atoms with Gasteiger partial charge in [-0.3, -0.25) is 13.8 Å². The van der Waals surface area contributed by atoms with Crippen LogP contribution in [0.25, 0.3) is 0 Å². The lowest BCUT2D eigenvalue weighted by Gasteiger charge is -2.19. The Bertz CT molecular complexity index is 864. The molecule has 2 atom stereocenters. The number of phosphoric ester groups is 1. The molecule has 50 heavy (non-hydrogen) atoms. The fourth-order valence-electron chi connectivity index (χ4n) is 5.50. The number of esters is 1. The number of hydrogen-bond donors (Lipinski definition) is 2. The van der Waals surface area contributed by atoms with E-state index in [2.05, 4.69) is 38.2 Å². The van der Waals surface area contributed by atoms with E-state index in [1.165, 1.54) is 116 Å². The third kappa shape index (κ3) is 37.8. The SMILES string of the molecule is CCCCCCCCC=CCCCCCCC=COC(COC(=O)CCCCCCCC=CCCCCCCCC)COP(=O)(O)OCCN. The van der Waals surface area contributed by atoms with Crippen LogP contribution in [0.2, 0.25) is 0 Å². The van der Waals surface area contributed by atoms with Crippen molar-refractivity contribution >= 4 is 13.8 Å². The molecule has 0 radical (unpaired) electrons. The van der Waals surface area contributed by atoms with Crippen LogP contribution < -0.4 is 5.73 Å². The first kappa shape index (κ1) is 48.6. The Morgan fingerprint density at radius 3 is 1.48 bits per heavy atom. The van der Waals surface area contributed by atoms with Crippen LogP contribution in [0.3, 0.4) is 0 Å². The number of allylic oxidation sites excluding steroid dienone is 5. The maximum atomic E-state index is 12.4. The number of phosphoric acid groups is 1. The Kier molecular flexibility index (Phi) is 37.7. The third-order valence-electron chi connectivity index (χ3n) is 8.62. The number of carbonyl (C=O) groups excluding carboxylic acids is 1. The second kappa shape index (κ2) is 38.8. The third-order valence-corrected chi connectivity index (χ3v) is 9.60. The van der Waals surface area contributed by atoms with E-state index in [9.17, 15) is 14.3 Å². The molecule has 0 amide bonds. The molecule has 0 aliphatic carbocycles. The summed E-state index contributed by atoms with van der Waals surface area (Å²) in [6, 6.07) is 0. The predicted molar refractivity (Wildman–Crippen MR) is 210 cm³/mol. The van der Waals surface area contributed by atoms with Gasteiger partial charge in [0.2, 0.25) is 0 Å². The molecule has 3 N–H and O–H groups in total. The van der Waals surface area contributed by atoms with Crippen LogP contribution >= 0.6 is 7.82 Å². The van der Waals surface area contributed by atoms with Gasteiger partial charge in [-0.2, -0.15) is 0 Å². The minimum absolute atomic E-state index is 0.0719. The molecular formula is C41H78NO7P. The van der Waals surface area contributed by atoms with Gasteiger partial charge in [0.15, 0.2) is 6.10 Å². The Hall–Kier alpha value is -1.44. The first-order valence-corrected chi connectivity index (χ1v) is 22.0. The summed E-state index contributed by atoms with van der Waals surface area (Å²) in [5.74, 6) is -0.302. The molecule has 9 heteroatoms. The number of nitrogens with two attached hydrogens (primary N) is 1. The summed E-state index contributed by atoms with van der Waals surface area (Å²) >= 11 is 0. The van der Waals surface area contributed by atoms with Crippen molar-refractivity contribution in [1.29, 1.82) is 0 Å². The first-order chi connectivity index (χ1) is 24.4. The van der Waals surface area contributed by atoms with Gasteiger partial charge in [-0.1, -0.05) is 134 Å². The summed E-state index contributed by atoms with van der Waals surface area (Å²) < 4.78 is 33.1. The zero-order chi connectivity index (χ0) is 36.6. The van der Waals surface area contributed by atoms with Crippen molar-refractivity contribution < 1.29 is 32.8 Å². The highest BCUT2D eigenvalue weighted by Gasteiger charge is 2.24. The van der Waals surface area contributed by atoms with Crippen molar-refractivity contribution in [3.63, 3.8) is 0 Å². The highest BCUT2D eigenvalue weighted by atomic mass is 31.2. The van der Waals surface area contributed by atoms with Gasteiger partial charge in [0.05, 0.1) is 19.5 Å². The minimum atomic E-state index is -4.27. The van der Waals surface area contributed by atoms with Crippen molar-refractivity contribution in [3.8, 4) is 0 Å². The van der Waals surface area contributed by atoms with Crippen LogP contribution in [0.15, 0.2) is 36.6 Å². The van der Waals surface area contributed by atoms with Crippen LogP contribution in [-0.2, 0) is 27.9 Å². The average molecular weight is 728 g/mol. The van der Waals surface area contributed by atoms with Crippen LogP contribution in [0, 0.1) is 0 Å². The molecule has 2 unspecified atom stereocenters.